The van der Waals surface area contributed by atoms with E-state index in [1.807, 2.05) is 26.0 Å². The summed E-state index contributed by atoms with van der Waals surface area (Å²) in [6.07, 6.45) is 0. The van der Waals surface area contributed by atoms with E-state index in [1.165, 1.54) is 22.3 Å². The first-order valence-corrected chi connectivity index (χ1v) is 18.3. The van der Waals surface area contributed by atoms with E-state index in [2.05, 4.69) is 158 Å². The van der Waals surface area contributed by atoms with Gasteiger partial charge in [-0.2, -0.15) is 0 Å². The minimum atomic E-state index is 0.933. The molecule has 0 radical (unpaired) electrons. The Balaban J connectivity index is 0.984. The van der Waals surface area contributed by atoms with Crippen molar-refractivity contribution in [3.63, 3.8) is 0 Å². The zero-order valence-corrected chi connectivity index (χ0v) is 30.0. The Labute approximate surface area is 313 Å². The quantitative estimate of drug-likeness (QED) is 0.169. The zero-order chi connectivity index (χ0) is 36.2. The van der Waals surface area contributed by atoms with Crippen molar-refractivity contribution in [2.24, 2.45) is 0 Å². The number of hydrogen-bond acceptors (Lipinski definition) is 4. The number of aryl methyl sites for hydroxylation is 2. The van der Waals surface area contributed by atoms with Crippen LogP contribution in [0.1, 0.15) is 11.4 Å². The summed E-state index contributed by atoms with van der Waals surface area (Å²) in [4.78, 5) is 19.9. The second-order valence-corrected chi connectivity index (χ2v) is 14.0. The molecule has 4 heterocycles. The number of hydrogen-bond donors (Lipinski definition) is 0. The molecule has 4 heteroatoms. The normalized spacial score (nSPS) is 11.5. The van der Waals surface area contributed by atoms with Crippen molar-refractivity contribution in [1.29, 1.82) is 0 Å². The van der Waals surface area contributed by atoms with Gasteiger partial charge in [-0.3, -0.25) is 9.97 Å². The van der Waals surface area contributed by atoms with Gasteiger partial charge in [-0.25, -0.2) is 9.97 Å². The second kappa shape index (κ2) is 12.9. The van der Waals surface area contributed by atoms with Crippen LogP contribution in [0.2, 0.25) is 0 Å². The van der Waals surface area contributed by atoms with Crippen molar-refractivity contribution in [2.45, 2.75) is 13.8 Å². The van der Waals surface area contributed by atoms with Crippen LogP contribution in [0.5, 0.6) is 0 Å². The molecule has 54 heavy (non-hydrogen) atoms. The summed E-state index contributed by atoms with van der Waals surface area (Å²) in [6.45, 7) is 4.05. The zero-order valence-electron chi connectivity index (χ0n) is 30.0. The number of nitrogens with zero attached hydrogens (tertiary/aromatic N) is 4. The second-order valence-electron chi connectivity index (χ2n) is 14.0. The average Bonchev–Trinajstić information content (AvgIpc) is 3.23. The van der Waals surface area contributed by atoms with Gasteiger partial charge in [0, 0.05) is 44.1 Å². The average molecular weight is 691 g/mol. The van der Waals surface area contributed by atoms with Crippen molar-refractivity contribution in [3.05, 3.63) is 181 Å². The lowest BCUT2D eigenvalue weighted by Gasteiger charge is -2.15. The molecule has 0 amide bonds. The summed E-state index contributed by atoms with van der Waals surface area (Å²) in [5.74, 6) is 0. The van der Waals surface area contributed by atoms with Crippen molar-refractivity contribution in [1.82, 2.24) is 19.9 Å². The third-order valence-electron chi connectivity index (χ3n) is 10.4. The molecule has 0 saturated carbocycles. The minimum Gasteiger partial charge on any atom is -0.251 e. The van der Waals surface area contributed by atoms with E-state index in [0.717, 1.165) is 88.6 Å². The van der Waals surface area contributed by atoms with Crippen LogP contribution in [-0.4, -0.2) is 19.9 Å². The van der Waals surface area contributed by atoms with Gasteiger partial charge in [-0.1, -0.05) is 146 Å². The van der Waals surface area contributed by atoms with Gasteiger partial charge < -0.3 is 0 Å². The van der Waals surface area contributed by atoms with E-state index in [0.29, 0.717) is 0 Å². The number of benzene rings is 6. The summed E-state index contributed by atoms with van der Waals surface area (Å²) >= 11 is 0. The van der Waals surface area contributed by atoms with Crippen molar-refractivity contribution in [3.8, 4) is 55.9 Å². The molecule has 0 spiro atoms. The summed E-state index contributed by atoms with van der Waals surface area (Å²) in [7, 11) is 0. The van der Waals surface area contributed by atoms with Gasteiger partial charge in [-0.15, -0.1) is 0 Å². The Kier molecular flexibility index (Phi) is 7.55. The van der Waals surface area contributed by atoms with Crippen LogP contribution in [0, 0.1) is 13.8 Å². The molecular formula is C50H34N4. The highest BCUT2D eigenvalue weighted by molar-refractivity contribution is 6.04. The lowest BCUT2D eigenvalue weighted by atomic mass is 9.89. The molecule has 6 aromatic carbocycles. The number of rotatable bonds is 5. The lowest BCUT2D eigenvalue weighted by Crippen LogP contribution is -1.91. The highest BCUT2D eigenvalue weighted by atomic mass is 14.8. The Morgan fingerprint density at radius 1 is 0.259 bits per heavy atom. The standard InChI is InChI=1S/C50H34N4/c1-31-11-13-37-23-25-39-27-29-45(53-49(39)47(37)51-31)35-19-15-33(16-20-35)41-7-3-5-9-43(41)44-10-6-4-8-42(44)34-17-21-36(22-18-34)46-30-28-40-26-24-38-14-12-32(2)52-48(38)50(40)54-46/h3-30H,1-2H3. The molecule has 0 aliphatic carbocycles. The SMILES string of the molecule is Cc1ccc2ccc3ccc(-c4ccc(-c5ccccc5-c5ccccc5-c5ccc(-c6ccc7ccc8ccc(C)nc8c7n6)cc5)cc4)nc3c2n1. The van der Waals surface area contributed by atoms with Gasteiger partial charge in [0.25, 0.3) is 0 Å². The third kappa shape index (κ3) is 5.56. The highest BCUT2D eigenvalue weighted by Gasteiger charge is 2.14. The van der Waals surface area contributed by atoms with Crippen molar-refractivity contribution < 1.29 is 0 Å². The fourth-order valence-electron chi connectivity index (χ4n) is 7.63. The summed E-state index contributed by atoms with van der Waals surface area (Å²) in [5.41, 5.74) is 16.8. The number of aromatic nitrogens is 4. The molecule has 0 aliphatic rings. The van der Waals surface area contributed by atoms with Crippen LogP contribution in [0.25, 0.3) is 99.5 Å². The molecule has 0 atom stereocenters. The fourth-order valence-corrected chi connectivity index (χ4v) is 7.63. The number of fused-ring (bicyclic) bond motifs is 6. The van der Waals surface area contributed by atoms with Crippen LogP contribution in [0.3, 0.4) is 0 Å². The molecule has 0 saturated heterocycles. The van der Waals surface area contributed by atoms with Crippen LogP contribution >= 0.6 is 0 Å². The Morgan fingerprint density at radius 3 is 0.944 bits per heavy atom. The van der Waals surface area contributed by atoms with E-state index in [4.69, 9.17) is 19.9 Å². The molecule has 4 nitrogen and oxygen atoms in total. The van der Waals surface area contributed by atoms with Crippen molar-refractivity contribution >= 4 is 43.6 Å². The maximum atomic E-state index is 5.11. The van der Waals surface area contributed by atoms with Crippen LogP contribution in [0.4, 0.5) is 0 Å². The summed E-state index contributed by atoms with van der Waals surface area (Å²) in [5, 5.41) is 4.39. The summed E-state index contributed by atoms with van der Waals surface area (Å²) < 4.78 is 0. The smallest absolute Gasteiger partial charge is 0.0972 e. The van der Waals surface area contributed by atoms with E-state index in [9.17, 15) is 0 Å². The molecule has 0 N–H and O–H groups in total. The molecule has 0 fully saturated rings. The van der Waals surface area contributed by atoms with E-state index >= 15 is 0 Å². The predicted molar refractivity (Wildman–Crippen MR) is 224 cm³/mol. The van der Waals surface area contributed by atoms with E-state index in [-0.39, 0.29) is 0 Å². The maximum Gasteiger partial charge on any atom is 0.0972 e. The van der Waals surface area contributed by atoms with E-state index in [1.54, 1.807) is 0 Å². The molecule has 0 bridgehead atoms. The first-order valence-electron chi connectivity index (χ1n) is 18.3. The molecule has 0 aliphatic heterocycles. The molecular weight excluding hydrogens is 657 g/mol. The third-order valence-corrected chi connectivity index (χ3v) is 10.4. The first-order chi connectivity index (χ1) is 26.6. The molecule has 10 rings (SSSR count). The lowest BCUT2D eigenvalue weighted by molar-refractivity contribution is 1.25. The highest BCUT2D eigenvalue weighted by Crippen LogP contribution is 2.39. The van der Waals surface area contributed by atoms with Gasteiger partial charge >= 0.3 is 0 Å². The van der Waals surface area contributed by atoms with Gasteiger partial charge in [0.05, 0.1) is 33.5 Å². The fraction of sp³-hybridized carbons (Fsp3) is 0.0400. The Morgan fingerprint density at radius 2 is 0.556 bits per heavy atom. The topological polar surface area (TPSA) is 51.6 Å². The molecule has 4 aromatic heterocycles. The minimum absolute atomic E-state index is 0.933. The molecule has 0 unspecified atom stereocenters. The van der Waals surface area contributed by atoms with Gasteiger partial charge in [-0.05, 0) is 71.5 Å². The van der Waals surface area contributed by atoms with Gasteiger partial charge in [0.1, 0.15) is 0 Å². The molecule has 254 valence electrons. The number of pyridine rings is 4. The predicted octanol–water partition coefficient (Wildman–Crippen LogP) is 12.8. The van der Waals surface area contributed by atoms with Crippen LogP contribution in [-0.2, 0) is 0 Å². The Hall–Kier alpha value is -7.04. The van der Waals surface area contributed by atoms with Gasteiger partial charge in [0.2, 0.25) is 0 Å². The van der Waals surface area contributed by atoms with Gasteiger partial charge in [0.15, 0.2) is 0 Å². The maximum absolute atomic E-state index is 5.11. The van der Waals surface area contributed by atoms with E-state index < -0.39 is 0 Å². The van der Waals surface area contributed by atoms with Crippen LogP contribution < -0.4 is 0 Å². The monoisotopic (exact) mass is 690 g/mol. The van der Waals surface area contributed by atoms with Crippen molar-refractivity contribution in [2.75, 3.05) is 0 Å². The first kappa shape index (κ1) is 31.7. The Bertz CT molecular complexity index is 2850. The molecule has 10 aromatic rings. The van der Waals surface area contributed by atoms with Crippen LogP contribution in [0.15, 0.2) is 170 Å². The summed E-state index contributed by atoms with van der Waals surface area (Å²) in [6, 6.07) is 60.2. The largest absolute Gasteiger partial charge is 0.251 e.